The minimum absolute atomic E-state index is 0.0453. The number of halogens is 1. The molecule has 0 saturated carbocycles. The monoisotopic (exact) mass is 522 g/mol. The molecule has 0 aliphatic carbocycles. The normalized spacial score (nSPS) is 18.4. The molecule has 0 bridgehead atoms. The first-order chi connectivity index (χ1) is 17.6. The van der Waals surface area contributed by atoms with Gasteiger partial charge in [-0.05, 0) is 61.1 Å². The number of hydrogen-bond donors (Lipinski definition) is 3. The molecule has 5 amide bonds. The van der Waals surface area contributed by atoms with E-state index in [-0.39, 0.29) is 30.4 Å². The third kappa shape index (κ3) is 6.06. The summed E-state index contributed by atoms with van der Waals surface area (Å²) >= 11 is 6.12. The molecule has 0 aromatic heterocycles. The highest BCUT2D eigenvalue weighted by Crippen LogP contribution is 2.27. The van der Waals surface area contributed by atoms with Gasteiger partial charge in [0.2, 0.25) is 17.7 Å². The second kappa shape index (κ2) is 11.0. The van der Waals surface area contributed by atoms with Crippen LogP contribution in [-0.2, 0) is 24.0 Å². The second-order valence-electron chi connectivity index (χ2n) is 9.24. The van der Waals surface area contributed by atoms with Gasteiger partial charge < -0.3 is 10.6 Å². The quantitative estimate of drug-likeness (QED) is 0.455. The van der Waals surface area contributed by atoms with Gasteiger partial charge in [-0.25, -0.2) is 0 Å². The van der Waals surface area contributed by atoms with Gasteiger partial charge in [0, 0.05) is 35.3 Å². The van der Waals surface area contributed by atoms with Gasteiger partial charge in [0.15, 0.2) is 0 Å². The van der Waals surface area contributed by atoms with Crippen molar-refractivity contribution in [1.29, 1.82) is 0 Å². The summed E-state index contributed by atoms with van der Waals surface area (Å²) in [7, 11) is 0. The van der Waals surface area contributed by atoms with Crippen molar-refractivity contribution in [1.82, 2.24) is 10.2 Å². The Balaban J connectivity index is 1.35. The Morgan fingerprint density at radius 2 is 1.92 bits per heavy atom. The van der Waals surface area contributed by atoms with Gasteiger partial charge in [0.1, 0.15) is 11.7 Å². The number of nitrogens with one attached hydrogen (secondary N) is 3. The number of carbonyl (C=O) groups excluding carboxylic acids is 5. The molecule has 2 atom stereocenters. The molecule has 0 radical (unpaired) electrons. The van der Waals surface area contributed by atoms with Crippen LogP contribution in [0.2, 0.25) is 5.02 Å². The van der Waals surface area contributed by atoms with Crippen molar-refractivity contribution < 1.29 is 24.0 Å². The van der Waals surface area contributed by atoms with Crippen molar-refractivity contribution >= 4 is 52.5 Å². The fourth-order valence-corrected chi connectivity index (χ4v) is 4.47. The average molecular weight is 523 g/mol. The molecule has 37 heavy (non-hydrogen) atoms. The van der Waals surface area contributed by atoms with Crippen LogP contribution in [-0.4, -0.2) is 40.5 Å². The lowest BCUT2D eigenvalue weighted by Crippen LogP contribution is -2.54. The number of amides is 5. The summed E-state index contributed by atoms with van der Waals surface area (Å²) in [6.45, 7) is 3.90. The summed E-state index contributed by atoms with van der Waals surface area (Å²) < 4.78 is 0. The van der Waals surface area contributed by atoms with Crippen LogP contribution in [0.1, 0.15) is 49.7 Å². The Kier molecular flexibility index (Phi) is 7.73. The van der Waals surface area contributed by atoms with Gasteiger partial charge in [0.05, 0.1) is 0 Å². The highest BCUT2D eigenvalue weighted by atomic mass is 35.5. The van der Waals surface area contributed by atoms with E-state index < -0.39 is 29.7 Å². The summed E-state index contributed by atoms with van der Waals surface area (Å²) in [5.74, 6) is -2.37. The lowest BCUT2D eigenvalue weighted by atomic mass is 9.95. The van der Waals surface area contributed by atoms with Crippen LogP contribution in [0.5, 0.6) is 0 Å². The number of anilines is 2. The predicted octanol–water partition coefficient (Wildman–Crippen LogP) is 3.64. The Morgan fingerprint density at radius 3 is 2.65 bits per heavy atom. The molecule has 2 aliphatic rings. The van der Waals surface area contributed by atoms with E-state index in [2.05, 4.69) is 16.0 Å². The second-order valence-corrected chi connectivity index (χ2v) is 9.65. The fourth-order valence-electron chi connectivity index (χ4n) is 4.28. The maximum Gasteiger partial charge on any atom is 0.278 e. The summed E-state index contributed by atoms with van der Waals surface area (Å²) in [5.41, 5.74) is 3.19. The number of carbonyl (C=O) groups is 5. The SMILES string of the molecule is Cc1ccc(NC(=O)CCC(C)c2cccc(NC3=CC(=O)N(C4CCC(=O)NC4=O)C3=O)c2)cc1Cl. The molecular weight excluding hydrogens is 496 g/mol. The Labute approximate surface area is 219 Å². The van der Waals surface area contributed by atoms with E-state index >= 15 is 0 Å². The number of rotatable bonds is 8. The van der Waals surface area contributed by atoms with Crippen molar-refractivity contribution in [2.45, 2.75) is 51.5 Å². The summed E-state index contributed by atoms with van der Waals surface area (Å²) in [6, 6.07) is 11.7. The molecular formula is C27H27ClN4O5. The van der Waals surface area contributed by atoms with Gasteiger partial charge in [-0.3, -0.25) is 34.2 Å². The van der Waals surface area contributed by atoms with Crippen LogP contribution in [0.15, 0.2) is 54.2 Å². The molecule has 192 valence electrons. The molecule has 2 unspecified atom stereocenters. The molecule has 0 spiro atoms. The zero-order chi connectivity index (χ0) is 26.7. The average Bonchev–Trinajstić information content (AvgIpc) is 3.12. The number of hydrogen-bond acceptors (Lipinski definition) is 6. The lowest BCUT2D eigenvalue weighted by molar-refractivity contribution is -0.149. The maximum atomic E-state index is 12.9. The van der Waals surface area contributed by atoms with Crippen LogP contribution < -0.4 is 16.0 Å². The van der Waals surface area contributed by atoms with Crippen molar-refractivity contribution in [3.05, 3.63) is 70.4 Å². The van der Waals surface area contributed by atoms with Crippen molar-refractivity contribution in [3.8, 4) is 0 Å². The largest absolute Gasteiger partial charge is 0.351 e. The Hall–Kier alpha value is -3.98. The first-order valence-electron chi connectivity index (χ1n) is 12.0. The van der Waals surface area contributed by atoms with Crippen LogP contribution >= 0.6 is 11.6 Å². The maximum absolute atomic E-state index is 12.9. The van der Waals surface area contributed by atoms with Crippen molar-refractivity contribution in [3.63, 3.8) is 0 Å². The fraction of sp³-hybridized carbons (Fsp3) is 0.296. The molecule has 2 aromatic carbocycles. The number of piperidine rings is 1. The van der Waals surface area contributed by atoms with Crippen LogP contribution in [0, 0.1) is 6.92 Å². The summed E-state index contributed by atoms with van der Waals surface area (Å²) in [5, 5.41) is 8.59. The van der Waals surface area contributed by atoms with E-state index in [0.29, 0.717) is 29.2 Å². The number of benzene rings is 2. The molecule has 4 rings (SSSR count). The molecule has 2 heterocycles. The lowest BCUT2D eigenvalue weighted by Gasteiger charge is -2.28. The van der Waals surface area contributed by atoms with Gasteiger partial charge in [-0.15, -0.1) is 0 Å². The van der Waals surface area contributed by atoms with Gasteiger partial charge >= 0.3 is 0 Å². The third-order valence-corrected chi connectivity index (χ3v) is 6.88. The van der Waals surface area contributed by atoms with Gasteiger partial charge in [-0.2, -0.15) is 0 Å². The Bertz CT molecular complexity index is 1320. The van der Waals surface area contributed by atoms with E-state index in [4.69, 9.17) is 11.6 Å². The zero-order valence-electron chi connectivity index (χ0n) is 20.5. The van der Waals surface area contributed by atoms with E-state index in [1.807, 2.05) is 44.2 Å². The van der Waals surface area contributed by atoms with Crippen LogP contribution in [0.4, 0.5) is 11.4 Å². The molecule has 2 aromatic rings. The highest BCUT2D eigenvalue weighted by molar-refractivity contribution is 6.31. The molecule has 1 fully saturated rings. The third-order valence-electron chi connectivity index (χ3n) is 6.47. The van der Waals surface area contributed by atoms with Crippen LogP contribution in [0.25, 0.3) is 0 Å². The number of aryl methyl sites for hydroxylation is 1. The van der Waals surface area contributed by atoms with E-state index in [1.54, 1.807) is 12.1 Å². The van der Waals surface area contributed by atoms with E-state index in [1.165, 1.54) is 0 Å². The van der Waals surface area contributed by atoms with Gasteiger partial charge in [-0.1, -0.05) is 36.7 Å². The predicted molar refractivity (Wildman–Crippen MR) is 139 cm³/mol. The Morgan fingerprint density at radius 1 is 1.14 bits per heavy atom. The van der Waals surface area contributed by atoms with Gasteiger partial charge in [0.25, 0.3) is 11.8 Å². The zero-order valence-corrected chi connectivity index (χ0v) is 21.2. The van der Waals surface area contributed by atoms with Crippen LogP contribution in [0.3, 0.4) is 0 Å². The van der Waals surface area contributed by atoms with E-state index in [9.17, 15) is 24.0 Å². The van der Waals surface area contributed by atoms with Crippen molar-refractivity contribution in [2.75, 3.05) is 10.6 Å². The number of nitrogens with zero attached hydrogens (tertiary/aromatic N) is 1. The molecule has 9 nitrogen and oxygen atoms in total. The standard InChI is InChI=1S/C27H27ClN4O5/c1-15(7-10-23(33)30-19-8-6-16(2)20(28)13-19)17-4-3-5-18(12-17)29-21-14-25(35)32(27(21)37)22-9-11-24(34)31-26(22)36/h3-6,8,12-15,22,29H,7,9-11H2,1-2H3,(H,30,33)(H,31,34,36). The summed E-state index contributed by atoms with van der Waals surface area (Å²) in [4.78, 5) is 62.2. The minimum Gasteiger partial charge on any atom is -0.351 e. The highest BCUT2D eigenvalue weighted by Gasteiger charge is 2.42. The molecule has 1 saturated heterocycles. The first-order valence-corrected chi connectivity index (χ1v) is 12.4. The minimum atomic E-state index is -1.01. The molecule has 3 N–H and O–H groups in total. The molecule has 10 heteroatoms. The first kappa shape index (κ1) is 26.1. The van der Waals surface area contributed by atoms with E-state index in [0.717, 1.165) is 22.1 Å². The molecule has 2 aliphatic heterocycles. The summed E-state index contributed by atoms with van der Waals surface area (Å²) in [6.07, 6.45) is 2.22. The smallest absolute Gasteiger partial charge is 0.278 e. The number of imide groups is 2. The van der Waals surface area contributed by atoms with Crippen molar-refractivity contribution in [2.24, 2.45) is 0 Å². The topological polar surface area (TPSA) is 125 Å².